The van der Waals surface area contributed by atoms with Gasteiger partial charge in [0.1, 0.15) is 11.3 Å². The van der Waals surface area contributed by atoms with E-state index in [2.05, 4.69) is 27.4 Å². The summed E-state index contributed by atoms with van der Waals surface area (Å²) in [5.74, 6) is 3.21. The van der Waals surface area contributed by atoms with Crippen LogP contribution in [-0.2, 0) is 11.3 Å². The molecule has 2 aliphatic rings. The molecule has 0 spiro atoms. The van der Waals surface area contributed by atoms with Crippen LogP contribution in [0.15, 0.2) is 18.3 Å². The smallest absolute Gasteiger partial charge is 0.160 e. The van der Waals surface area contributed by atoms with Gasteiger partial charge in [0.2, 0.25) is 0 Å². The number of imidazole rings is 1. The van der Waals surface area contributed by atoms with E-state index in [0.717, 1.165) is 43.8 Å². The molecular formula is C17H23N3OS. The third kappa shape index (κ3) is 2.88. The highest BCUT2D eigenvalue weighted by atomic mass is 32.2. The molecule has 22 heavy (non-hydrogen) atoms. The molecule has 2 aromatic rings. The molecular weight excluding hydrogens is 294 g/mol. The fourth-order valence-electron chi connectivity index (χ4n) is 3.53. The number of nitrogens with zero attached hydrogens (tertiary/aromatic N) is 3. The third-order valence-electron chi connectivity index (χ3n) is 4.78. The number of thioether (sulfide) groups is 1. The molecule has 4 nitrogen and oxygen atoms in total. The maximum atomic E-state index is 5.51. The molecule has 4 heterocycles. The molecule has 0 amide bonds. The fourth-order valence-corrected chi connectivity index (χ4v) is 4.85. The van der Waals surface area contributed by atoms with Crippen LogP contribution in [0.3, 0.4) is 0 Å². The Morgan fingerprint density at radius 2 is 2.14 bits per heavy atom. The minimum absolute atomic E-state index is 0.544. The quantitative estimate of drug-likeness (QED) is 0.863. The van der Waals surface area contributed by atoms with Gasteiger partial charge in [-0.05, 0) is 49.5 Å². The van der Waals surface area contributed by atoms with E-state index in [1.54, 1.807) is 0 Å². The van der Waals surface area contributed by atoms with Crippen LogP contribution >= 0.6 is 11.8 Å². The third-order valence-corrected chi connectivity index (χ3v) is 6.16. The highest BCUT2D eigenvalue weighted by molar-refractivity contribution is 7.99. The van der Waals surface area contributed by atoms with E-state index in [-0.39, 0.29) is 0 Å². The van der Waals surface area contributed by atoms with Crippen molar-refractivity contribution < 1.29 is 4.74 Å². The fraction of sp³-hybridized carbons (Fsp3) is 0.647. The van der Waals surface area contributed by atoms with Gasteiger partial charge >= 0.3 is 0 Å². The lowest BCUT2D eigenvalue weighted by Crippen LogP contribution is -2.22. The number of fused-ring (bicyclic) bond motifs is 1. The Bertz CT molecular complexity index is 630. The number of hydrogen-bond acceptors (Lipinski definition) is 4. The second-order valence-electron chi connectivity index (χ2n) is 6.34. The minimum Gasteiger partial charge on any atom is -0.381 e. The summed E-state index contributed by atoms with van der Waals surface area (Å²) >= 11 is 2.07. The molecule has 118 valence electrons. The maximum absolute atomic E-state index is 5.51. The first-order valence-corrected chi connectivity index (χ1v) is 9.47. The van der Waals surface area contributed by atoms with Crippen molar-refractivity contribution in [3.63, 3.8) is 0 Å². The van der Waals surface area contributed by atoms with Crippen LogP contribution in [0.25, 0.3) is 11.2 Å². The van der Waals surface area contributed by atoms with Gasteiger partial charge in [-0.1, -0.05) is 6.42 Å². The summed E-state index contributed by atoms with van der Waals surface area (Å²) in [6, 6.07) is 4.09. The van der Waals surface area contributed by atoms with Crippen molar-refractivity contribution in [3.8, 4) is 0 Å². The first kappa shape index (κ1) is 14.5. The van der Waals surface area contributed by atoms with E-state index >= 15 is 0 Å². The van der Waals surface area contributed by atoms with Crippen LogP contribution in [-0.4, -0.2) is 33.5 Å². The lowest BCUT2D eigenvalue weighted by molar-refractivity contribution is 0.0613. The zero-order valence-electron chi connectivity index (χ0n) is 12.9. The molecule has 4 rings (SSSR count). The minimum atomic E-state index is 0.544. The Labute approximate surface area is 135 Å². The standard InChI is InChI=1S/C17H23N3OS/c1-2-11-22-15(5-1)17-19-14-4-3-8-18-16(14)20(17)12-13-6-9-21-10-7-13/h3-4,8,13,15H,1-2,5-7,9-12H2. The van der Waals surface area contributed by atoms with E-state index < -0.39 is 0 Å². The van der Waals surface area contributed by atoms with Gasteiger partial charge in [-0.3, -0.25) is 0 Å². The summed E-state index contributed by atoms with van der Waals surface area (Å²) in [5.41, 5.74) is 2.12. The molecule has 0 bridgehead atoms. The predicted molar refractivity (Wildman–Crippen MR) is 90.1 cm³/mol. The van der Waals surface area contributed by atoms with Crippen molar-refractivity contribution in [2.75, 3.05) is 19.0 Å². The predicted octanol–water partition coefficient (Wildman–Crippen LogP) is 3.82. The lowest BCUT2D eigenvalue weighted by Gasteiger charge is -2.26. The van der Waals surface area contributed by atoms with Crippen LogP contribution in [0.4, 0.5) is 0 Å². The summed E-state index contributed by atoms with van der Waals surface area (Å²) in [4.78, 5) is 9.57. The summed E-state index contributed by atoms with van der Waals surface area (Å²) in [5, 5.41) is 0.544. The van der Waals surface area contributed by atoms with Crippen molar-refractivity contribution in [1.29, 1.82) is 0 Å². The van der Waals surface area contributed by atoms with Gasteiger partial charge in [0.05, 0.1) is 5.25 Å². The van der Waals surface area contributed by atoms with Gasteiger partial charge in [-0.25, -0.2) is 9.97 Å². The van der Waals surface area contributed by atoms with Gasteiger partial charge in [0.25, 0.3) is 0 Å². The molecule has 2 fully saturated rings. The van der Waals surface area contributed by atoms with Gasteiger partial charge in [-0.15, -0.1) is 0 Å². The number of ether oxygens (including phenoxy) is 1. The molecule has 2 aromatic heterocycles. The first-order valence-electron chi connectivity index (χ1n) is 8.42. The summed E-state index contributed by atoms with van der Waals surface area (Å²) in [7, 11) is 0. The van der Waals surface area contributed by atoms with Crippen LogP contribution in [0.2, 0.25) is 0 Å². The summed E-state index contributed by atoms with van der Waals surface area (Å²) in [6.45, 7) is 2.85. The van der Waals surface area contributed by atoms with E-state index in [1.807, 2.05) is 12.3 Å². The Morgan fingerprint density at radius 1 is 1.23 bits per heavy atom. The van der Waals surface area contributed by atoms with Crippen molar-refractivity contribution in [2.45, 2.75) is 43.9 Å². The molecule has 0 radical (unpaired) electrons. The Kier molecular flexibility index (Phi) is 4.35. The number of pyridine rings is 1. The van der Waals surface area contributed by atoms with E-state index in [9.17, 15) is 0 Å². The molecule has 1 atom stereocenters. The van der Waals surface area contributed by atoms with Crippen molar-refractivity contribution in [2.24, 2.45) is 5.92 Å². The second kappa shape index (κ2) is 6.59. The Morgan fingerprint density at radius 3 is 2.95 bits per heavy atom. The van der Waals surface area contributed by atoms with E-state index in [4.69, 9.17) is 9.72 Å². The second-order valence-corrected chi connectivity index (χ2v) is 7.65. The zero-order valence-corrected chi connectivity index (χ0v) is 13.7. The largest absolute Gasteiger partial charge is 0.381 e. The van der Waals surface area contributed by atoms with Gasteiger partial charge in [0.15, 0.2) is 5.65 Å². The molecule has 5 heteroatoms. The Hall–Kier alpha value is -1.07. The molecule has 0 aliphatic carbocycles. The molecule has 0 saturated carbocycles. The van der Waals surface area contributed by atoms with Crippen LogP contribution < -0.4 is 0 Å². The average molecular weight is 317 g/mol. The highest BCUT2D eigenvalue weighted by Gasteiger charge is 2.25. The van der Waals surface area contributed by atoms with E-state index in [0.29, 0.717) is 11.2 Å². The van der Waals surface area contributed by atoms with Gasteiger partial charge in [0, 0.05) is 26.0 Å². The molecule has 0 N–H and O–H groups in total. The maximum Gasteiger partial charge on any atom is 0.160 e. The van der Waals surface area contributed by atoms with Crippen molar-refractivity contribution in [3.05, 3.63) is 24.2 Å². The first-order chi connectivity index (χ1) is 10.9. The molecule has 2 aliphatic heterocycles. The molecule has 1 unspecified atom stereocenters. The summed E-state index contributed by atoms with van der Waals surface area (Å²) < 4.78 is 7.92. The number of aromatic nitrogens is 3. The Balaban J connectivity index is 1.69. The molecule has 0 aromatic carbocycles. The SMILES string of the molecule is c1cnc2c(c1)nc(C1CCCCS1)n2CC1CCOCC1. The van der Waals surface area contributed by atoms with Gasteiger partial charge < -0.3 is 9.30 Å². The van der Waals surface area contributed by atoms with Crippen LogP contribution in [0, 0.1) is 5.92 Å². The monoisotopic (exact) mass is 317 g/mol. The van der Waals surface area contributed by atoms with Crippen molar-refractivity contribution in [1.82, 2.24) is 14.5 Å². The van der Waals surface area contributed by atoms with Crippen molar-refractivity contribution >= 4 is 22.9 Å². The normalized spacial score (nSPS) is 23.9. The lowest BCUT2D eigenvalue weighted by atomic mass is 10.0. The van der Waals surface area contributed by atoms with E-state index in [1.165, 1.54) is 30.8 Å². The zero-order chi connectivity index (χ0) is 14.8. The summed E-state index contributed by atoms with van der Waals surface area (Å²) in [6.07, 6.45) is 8.13. The van der Waals surface area contributed by atoms with Crippen LogP contribution in [0.5, 0.6) is 0 Å². The average Bonchev–Trinajstić information content (AvgIpc) is 2.95. The molecule has 2 saturated heterocycles. The number of rotatable bonds is 3. The van der Waals surface area contributed by atoms with Gasteiger partial charge in [-0.2, -0.15) is 11.8 Å². The van der Waals surface area contributed by atoms with Crippen LogP contribution in [0.1, 0.15) is 43.2 Å². The topological polar surface area (TPSA) is 39.9 Å². The number of hydrogen-bond donors (Lipinski definition) is 0. The highest BCUT2D eigenvalue weighted by Crippen LogP contribution is 2.39.